The monoisotopic (exact) mass is 297 g/mol. The summed E-state index contributed by atoms with van der Waals surface area (Å²) >= 11 is 0. The second-order valence-corrected chi connectivity index (χ2v) is 5.26. The average molecular weight is 297 g/mol. The zero-order chi connectivity index (χ0) is 15.9. The van der Waals surface area contributed by atoms with E-state index in [2.05, 4.69) is 0 Å². The van der Waals surface area contributed by atoms with Crippen molar-refractivity contribution < 1.29 is 9.47 Å². The van der Waals surface area contributed by atoms with Crippen LogP contribution in [-0.2, 0) is 0 Å². The minimum absolute atomic E-state index is 0.717. The van der Waals surface area contributed by atoms with Gasteiger partial charge in [0.25, 0.3) is 0 Å². The van der Waals surface area contributed by atoms with Crippen molar-refractivity contribution in [2.45, 2.75) is 13.8 Å². The van der Waals surface area contributed by atoms with Crippen LogP contribution in [0.3, 0.4) is 0 Å². The third-order valence-electron chi connectivity index (χ3n) is 3.83. The first-order valence-electron chi connectivity index (χ1n) is 7.02. The van der Waals surface area contributed by atoms with Crippen molar-refractivity contribution in [3.05, 3.63) is 41.7 Å². The number of pyridine rings is 1. The van der Waals surface area contributed by atoms with Crippen LogP contribution in [0.25, 0.3) is 16.9 Å². The van der Waals surface area contributed by atoms with Gasteiger partial charge in [-0.15, -0.1) is 0 Å². The first kappa shape index (κ1) is 14.3. The number of aryl methyl sites for hydroxylation is 2. The molecule has 3 aromatic rings. The number of aromatic nitrogens is 2. The number of nitrogens with two attached hydrogens (primary N) is 1. The van der Waals surface area contributed by atoms with Crippen molar-refractivity contribution in [2.24, 2.45) is 0 Å². The number of methoxy groups -OCH3 is 2. The molecule has 2 aromatic heterocycles. The van der Waals surface area contributed by atoms with Gasteiger partial charge in [-0.3, -0.25) is 0 Å². The summed E-state index contributed by atoms with van der Waals surface area (Å²) in [5, 5.41) is 0. The van der Waals surface area contributed by atoms with Crippen LogP contribution in [0.4, 0.5) is 5.69 Å². The lowest BCUT2D eigenvalue weighted by Gasteiger charge is -2.09. The summed E-state index contributed by atoms with van der Waals surface area (Å²) < 4.78 is 12.8. The fourth-order valence-electron chi connectivity index (χ4n) is 2.70. The molecule has 0 saturated carbocycles. The highest BCUT2D eigenvalue weighted by atomic mass is 16.5. The molecule has 0 radical (unpaired) electrons. The molecule has 0 aliphatic heterocycles. The maximum atomic E-state index is 5.95. The third kappa shape index (κ3) is 2.15. The SMILES string of the molecule is COc1ccc(OC)c(-c2nc3c(C)cc(N)cn3c2C)c1. The number of hydrogen-bond donors (Lipinski definition) is 1. The molecule has 0 spiro atoms. The number of imidazole rings is 1. The minimum Gasteiger partial charge on any atom is -0.497 e. The summed E-state index contributed by atoms with van der Waals surface area (Å²) in [7, 11) is 3.30. The molecule has 22 heavy (non-hydrogen) atoms. The van der Waals surface area contributed by atoms with E-state index in [9.17, 15) is 0 Å². The van der Waals surface area contributed by atoms with Crippen molar-refractivity contribution in [3.8, 4) is 22.8 Å². The molecule has 0 unspecified atom stereocenters. The lowest BCUT2D eigenvalue weighted by Crippen LogP contribution is -1.95. The van der Waals surface area contributed by atoms with Crippen LogP contribution < -0.4 is 15.2 Å². The third-order valence-corrected chi connectivity index (χ3v) is 3.83. The highest BCUT2D eigenvalue weighted by molar-refractivity contribution is 5.74. The van der Waals surface area contributed by atoms with E-state index >= 15 is 0 Å². The Bertz CT molecular complexity index is 853. The smallest absolute Gasteiger partial charge is 0.140 e. The average Bonchev–Trinajstić information content (AvgIpc) is 2.84. The fourth-order valence-corrected chi connectivity index (χ4v) is 2.70. The van der Waals surface area contributed by atoms with Crippen LogP contribution in [-0.4, -0.2) is 23.6 Å². The Labute approximate surface area is 129 Å². The van der Waals surface area contributed by atoms with Gasteiger partial charge in [0.15, 0.2) is 0 Å². The Balaban J connectivity index is 2.31. The molecule has 5 heteroatoms. The van der Waals surface area contributed by atoms with Crippen molar-refractivity contribution in [2.75, 3.05) is 20.0 Å². The molecule has 0 fully saturated rings. The van der Waals surface area contributed by atoms with Gasteiger partial charge in [0.1, 0.15) is 17.1 Å². The molecule has 0 atom stereocenters. The maximum Gasteiger partial charge on any atom is 0.140 e. The molecule has 0 amide bonds. The van der Waals surface area contributed by atoms with Gasteiger partial charge in [0, 0.05) is 23.1 Å². The Hall–Kier alpha value is -2.69. The molecule has 114 valence electrons. The van der Waals surface area contributed by atoms with Gasteiger partial charge in [0.05, 0.1) is 19.9 Å². The quantitative estimate of drug-likeness (QED) is 0.806. The van der Waals surface area contributed by atoms with Gasteiger partial charge >= 0.3 is 0 Å². The number of rotatable bonds is 3. The topological polar surface area (TPSA) is 61.8 Å². The van der Waals surface area contributed by atoms with E-state index < -0.39 is 0 Å². The molecular weight excluding hydrogens is 278 g/mol. The van der Waals surface area contributed by atoms with Gasteiger partial charge in [0.2, 0.25) is 0 Å². The largest absolute Gasteiger partial charge is 0.497 e. The summed E-state index contributed by atoms with van der Waals surface area (Å²) in [5.41, 5.74) is 11.4. The Morgan fingerprint density at radius 3 is 2.55 bits per heavy atom. The van der Waals surface area contributed by atoms with E-state index in [0.717, 1.165) is 45.3 Å². The summed E-state index contributed by atoms with van der Waals surface area (Å²) in [5.74, 6) is 1.53. The molecule has 0 bridgehead atoms. The number of benzene rings is 1. The van der Waals surface area contributed by atoms with Gasteiger partial charge < -0.3 is 19.6 Å². The molecule has 2 heterocycles. The van der Waals surface area contributed by atoms with Crippen LogP contribution in [0.2, 0.25) is 0 Å². The summed E-state index contributed by atoms with van der Waals surface area (Å²) in [6.07, 6.45) is 1.89. The first-order valence-corrected chi connectivity index (χ1v) is 7.02. The molecule has 0 aliphatic rings. The highest BCUT2D eigenvalue weighted by Crippen LogP contribution is 2.35. The Kier molecular flexibility index (Phi) is 3.41. The molecular formula is C17H19N3O2. The molecule has 1 aromatic carbocycles. The fraction of sp³-hybridized carbons (Fsp3) is 0.235. The summed E-state index contributed by atoms with van der Waals surface area (Å²) in [6.45, 7) is 4.03. The van der Waals surface area contributed by atoms with Crippen LogP contribution in [0.15, 0.2) is 30.5 Å². The lowest BCUT2D eigenvalue weighted by molar-refractivity contribution is 0.404. The number of hydrogen-bond acceptors (Lipinski definition) is 4. The predicted molar refractivity (Wildman–Crippen MR) is 87.6 cm³/mol. The van der Waals surface area contributed by atoms with E-state index in [1.807, 2.05) is 48.7 Å². The Morgan fingerprint density at radius 1 is 1.09 bits per heavy atom. The number of ether oxygens (including phenoxy) is 2. The van der Waals surface area contributed by atoms with E-state index in [1.54, 1.807) is 14.2 Å². The van der Waals surface area contributed by atoms with Gasteiger partial charge in [-0.05, 0) is 43.7 Å². The van der Waals surface area contributed by atoms with Gasteiger partial charge in [-0.2, -0.15) is 0 Å². The van der Waals surface area contributed by atoms with Crippen LogP contribution >= 0.6 is 0 Å². The molecule has 2 N–H and O–H groups in total. The van der Waals surface area contributed by atoms with Crippen LogP contribution in [0.5, 0.6) is 11.5 Å². The number of anilines is 1. The number of nitrogen functional groups attached to an aromatic ring is 1. The van der Waals surface area contributed by atoms with Crippen molar-refractivity contribution in [1.82, 2.24) is 9.38 Å². The van der Waals surface area contributed by atoms with Crippen LogP contribution in [0, 0.1) is 13.8 Å². The van der Waals surface area contributed by atoms with Gasteiger partial charge in [-0.25, -0.2) is 4.98 Å². The zero-order valence-corrected chi connectivity index (χ0v) is 13.2. The maximum absolute atomic E-state index is 5.95. The van der Waals surface area contributed by atoms with Crippen LogP contribution in [0.1, 0.15) is 11.3 Å². The van der Waals surface area contributed by atoms with Gasteiger partial charge in [-0.1, -0.05) is 0 Å². The predicted octanol–water partition coefficient (Wildman–Crippen LogP) is 3.22. The van der Waals surface area contributed by atoms with Crippen molar-refractivity contribution >= 4 is 11.3 Å². The van der Waals surface area contributed by atoms with Crippen molar-refractivity contribution in [1.29, 1.82) is 0 Å². The highest BCUT2D eigenvalue weighted by Gasteiger charge is 2.16. The lowest BCUT2D eigenvalue weighted by atomic mass is 10.1. The van der Waals surface area contributed by atoms with E-state index in [0.29, 0.717) is 0 Å². The molecule has 0 saturated heterocycles. The molecule has 3 rings (SSSR count). The normalized spacial score (nSPS) is 10.9. The second kappa shape index (κ2) is 5.26. The van der Waals surface area contributed by atoms with E-state index in [-0.39, 0.29) is 0 Å². The standard InChI is InChI=1S/C17H19N3O2/c1-10-7-12(18)9-20-11(2)16(19-17(10)20)14-8-13(21-3)5-6-15(14)22-4/h5-9H,18H2,1-4H3. The Morgan fingerprint density at radius 2 is 1.86 bits per heavy atom. The second-order valence-electron chi connectivity index (χ2n) is 5.26. The van der Waals surface area contributed by atoms with Crippen molar-refractivity contribution in [3.63, 3.8) is 0 Å². The molecule has 5 nitrogen and oxygen atoms in total. The molecule has 0 aliphatic carbocycles. The number of fused-ring (bicyclic) bond motifs is 1. The number of nitrogens with zero attached hydrogens (tertiary/aromatic N) is 2. The summed E-state index contributed by atoms with van der Waals surface area (Å²) in [6, 6.07) is 7.62. The minimum atomic E-state index is 0.717. The summed E-state index contributed by atoms with van der Waals surface area (Å²) in [4.78, 5) is 4.78. The zero-order valence-electron chi connectivity index (χ0n) is 13.2. The van der Waals surface area contributed by atoms with E-state index in [4.69, 9.17) is 20.2 Å². The van der Waals surface area contributed by atoms with E-state index in [1.165, 1.54) is 0 Å². The first-order chi connectivity index (χ1) is 10.5.